The van der Waals surface area contributed by atoms with Gasteiger partial charge >= 0.3 is 0 Å². The smallest absolute Gasteiger partial charge is 0.253 e. The molecule has 0 atom stereocenters. The van der Waals surface area contributed by atoms with Crippen molar-refractivity contribution >= 4 is 17.5 Å². The molecule has 1 fully saturated rings. The highest BCUT2D eigenvalue weighted by Crippen LogP contribution is 2.27. The Balaban J connectivity index is 1.36. The predicted molar refractivity (Wildman–Crippen MR) is 146 cm³/mol. The molecule has 37 heavy (non-hydrogen) atoms. The lowest BCUT2D eigenvalue weighted by Crippen LogP contribution is -2.50. The van der Waals surface area contributed by atoms with Crippen molar-refractivity contribution in [1.82, 2.24) is 29.7 Å². The van der Waals surface area contributed by atoms with Crippen molar-refractivity contribution in [3.8, 4) is 33.9 Å². The molecule has 3 aromatic heterocycles. The van der Waals surface area contributed by atoms with Gasteiger partial charge < -0.3 is 4.90 Å². The molecule has 188 valence electrons. The van der Waals surface area contributed by atoms with Crippen molar-refractivity contribution < 1.29 is 4.79 Å². The molecule has 5 rings (SSSR count). The van der Waals surface area contributed by atoms with E-state index in [9.17, 15) is 4.79 Å². The van der Waals surface area contributed by atoms with E-state index in [1.54, 1.807) is 18.5 Å². The lowest BCUT2D eigenvalue weighted by Gasteiger charge is -2.37. The lowest BCUT2D eigenvalue weighted by atomic mass is 10.0. The first kappa shape index (κ1) is 25.0. The quantitative estimate of drug-likeness (QED) is 0.333. The first-order valence-corrected chi connectivity index (χ1v) is 12.8. The Hall–Kier alpha value is -3.68. The highest BCUT2D eigenvalue weighted by atomic mass is 35.5. The van der Waals surface area contributed by atoms with Crippen LogP contribution in [0.2, 0.25) is 5.15 Å². The summed E-state index contributed by atoms with van der Waals surface area (Å²) in [6, 6.07) is 17.7. The first-order chi connectivity index (χ1) is 17.9. The van der Waals surface area contributed by atoms with Crippen LogP contribution in [0.4, 0.5) is 0 Å². The predicted octanol–water partition coefficient (Wildman–Crippen LogP) is 5.40. The molecule has 0 unspecified atom stereocenters. The maximum atomic E-state index is 13.0. The van der Waals surface area contributed by atoms with Gasteiger partial charge in [0.1, 0.15) is 10.8 Å². The topological polar surface area (TPSA) is 75.1 Å². The standard InChI is InChI=1S/C29H29ClN6O/c1-19(2)35-11-13-36(14-12-35)29(37)22-9-7-21(8-10-22)23-15-24(18-31-17-23)26-16-27(30)34-28(33-26)25-6-4-5-20(3)32-25/h4-10,15-19H,11-14H2,1-3H3. The maximum Gasteiger partial charge on any atom is 0.253 e. The zero-order valence-corrected chi connectivity index (χ0v) is 22.0. The fourth-order valence-electron chi connectivity index (χ4n) is 4.51. The Bertz CT molecular complexity index is 1410. The average molecular weight is 513 g/mol. The number of aromatic nitrogens is 4. The highest BCUT2D eigenvalue weighted by molar-refractivity contribution is 6.29. The van der Waals surface area contributed by atoms with Crippen LogP contribution in [-0.2, 0) is 0 Å². The molecule has 8 heteroatoms. The van der Waals surface area contributed by atoms with E-state index in [1.165, 1.54) is 0 Å². The van der Waals surface area contributed by atoms with Gasteiger partial charge in [-0.15, -0.1) is 0 Å². The van der Waals surface area contributed by atoms with Gasteiger partial charge in [-0.3, -0.25) is 14.7 Å². The third-order valence-corrected chi connectivity index (χ3v) is 6.84. The molecule has 7 nitrogen and oxygen atoms in total. The summed E-state index contributed by atoms with van der Waals surface area (Å²) in [6.45, 7) is 9.65. The van der Waals surface area contributed by atoms with E-state index in [4.69, 9.17) is 16.6 Å². The van der Waals surface area contributed by atoms with Gasteiger partial charge in [0, 0.05) is 73.1 Å². The zero-order valence-electron chi connectivity index (χ0n) is 21.2. The Labute approximate surface area is 222 Å². The van der Waals surface area contributed by atoms with E-state index < -0.39 is 0 Å². The summed E-state index contributed by atoms with van der Waals surface area (Å²) in [5.74, 6) is 0.545. The second-order valence-corrected chi connectivity index (χ2v) is 9.91. The minimum absolute atomic E-state index is 0.0785. The minimum Gasteiger partial charge on any atom is -0.336 e. The summed E-state index contributed by atoms with van der Waals surface area (Å²) in [7, 11) is 0. The summed E-state index contributed by atoms with van der Waals surface area (Å²) < 4.78 is 0. The van der Waals surface area contributed by atoms with Crippen LogP contribution in [0.25, 0.3) is 33.9 Å². The Morgan fingerprint density at radius 2 is 1.57 bits per heavy atom. The number of hydrogen-bond acceptors (Lipinski definition) is 6. The van der Waals surface area contributed by atoms with Crippen molar-refractivity contribution in [3.63, 3.8) is 0 Å². The zero-order chi connectivity index (χ0) is 25.9. The molecule has 0 aliphatic carbocycles. The average Bonchev–Trinajstić information content (AvgIpc) is 2.92. The number of carbonyl (C=O) groups is 1. The van der Waals surface area contributed by atoms with Crippen LogP contribution in [0.1, 0.15) is 29.9 Å². The van der Waals surface area contributed by atoms with Gasteiger partial charge in [0.25, 0.3) is 5.91 Å². The van der Waals surface area contributed by atoms with Gasteiger partial charge in [0.05, 0.1) is 5.69 Å². The van der Waals surface area contributed by atoms with Gasteiger partial charge in [-0.05, 0) is 56.7 Å². The Morgan fingerprint density at radius 1 is 0.838 bits per heavy atom. The Morgan fingerprint density at radius 3 is 2.27 bits per heavy atom. The number of hydrogen-bond donors (Lipinski definition) is 0. The molecule has 4 aromatic rings. The van der Waals surface area contributed by atoms with Crippen LogP contribution in [0, 0.1) is 6.92 Å². The van der Waals surface area contributed by atoms with Gasteiger partial charge in [0.2, 0.25) is 0 Å². The van der Waals surface area contributed by atoms with Crippen LogP contribution >= 0.6 is 11.6 Å². The number of amides is 1. The summed E-state index contributed by atoms with van der Waals surface area (Å²) in [5.41, 5.74) is 5.62. The molecule has 1 aromatic carbocycles. The monoisotopic (exact) mass is 512 g/mol. The third-order valence-electron chi connectivity index (χ3n) is 6.64. The largest absolute Gasteiger partial charge is 0.336 e. The van der Waals surface area contributed by atoms with Crippen LogP contribution in [0.3, 0.4) is 0 Å². The summed E-state index contributed by atoms with van der Waals surface area (Å²) >= 11 is 6.34. The lowest BCUT2D eigenvalue weighted by molar-refractivity contribution is 0.0595. The molecular formula is C29H29ClN6O. The van der Waals surface area contributed by atoms with Crippen LogP contribution in [0.5, 0.6) is 0 Å². The van der Waals surface area contributed by atoms with E-state index in [-0.39, 0.29) is 5.91 Å². The van der Waals surface area contributed by atoms with Crippen molar-refractivity contribution in [2.24, 2.45) is 0 Å². The first-order valence-electron chi connectivity index (χ1n) is 12.4. The van der Waals surface area contributed by atoms with E-state index in [1.807, 2.05) is 60.4 Å². The summed E-state index contributed by atoms with van der Waals surface area (Å²) in [6.07, 6.45) is 3.56. The number of halogens is 1. The number of pyridine rings is 2. The second kappa shape index (κ2) is 10.7. The molecular weight excluding hydrogens is 484 g/mol. The Kier molecular flexibility index (Phi) is 7.26. The molecule has 0 bridgehead atoms. The number of rotatable bonds is 5. The minimum atomic E-state index is 0.0785. The van der Waals surface area contributed by atoms with Crippen LogP contribution in [0.15, 0.2) is 67.0 Å². The number of aryl methyl sites for hydroxylation is 1. The molecule has 0 radical (unpaired) electrons. The van der Waals surface area contributed by atoms with Crippen LogP contribution in [-0.4, -0.2) is 67.9 Å². The van der Waals surface area contributed by atoms with Gasteiger partial charge in [-0.1, -0.05) is 29.8 Å². The summed E-state index contributed by atoms with van der Waals surface area (Å²) in [4.78, 5) is 35.4. The fourth-order valence-corrected chi connectivity index (χ4v) is 4.70. The molecule has 1 aliphatic rings. The molecule has 1 amide bonds. The normalized spacial score (nSPS) is 14.2. The van der Waals surface area contributed by atoms with Crippen LogP contribution < -0.4 is 0 Å². The van der Waals surface area contributed by atoms with Gasteiger partial charge in [-0.25, -0.2) is 15.0 Å². The van der Waals surface area contributed by atoms with E-state index in [2.05, 4.69) is 33.7 Å². The fraction of sp³-hybridized carbons (Fsp3) is 0.276. The molecule has 0 saturated carbocycles. The third kappa shape index (κ3) is 5.68. The van der Waals surface area contributed by atoms with Crippen molar-refractivity contribution in [3.05, 3.63) is 83.4 Å². The maximum absolute atomic E-state index is 13.0. The van der Waals surface area contributed by atoms with E-state index in [0.717, 1.165) is 48.6 Å². The van der Waals surface area contributed by atoms with Crippen molar-refractivity contribution in [2.45, 2.75) is 26.8 Å². The summed E-state index contributed by atoms with van der Waals surface area (Å²) in [5, 5.41) is 0.339. The second-order valence-electron chi connectivity index (χ2n) is 9.53. The van der Waals surface area contributed by atoms with E-state index >= 15 is 0 Å². The van der Waals surface area contributed by atoms with Crippen molar-refractivity contribution in [1.29, 1.82) is 0 Å². The molecule has 1 saturated heterocycles. The number of nitrogens with zero attached hydrogens (tertiary/aromatic N) is 6. The van der Waals surface area contributed by atoms with Gasteiger partial charge in [-0.2, -0.15) is 0 Å². The molecule has 1 aliphatic heterocycles. The van der Waals surface area contributed by atoms with Crippen molar-refractivity contribution in [2.75, 3.05) is 26.2 Å². The molecule has 0 spiro atoms. The SMILES string of the molecule is Cc1cccc(-c2nc(Cl)cc(-c3cncc(-c4ccc(C(=O)N5CCN(C(C)C)CC5)cc4)c3)n2)n1. The van der Waals surface area contributed by atoms with Gasteiger partial charge in [0.15, 0.2) is 5.82 Å². The molecule has 0 N–H and O–H groups in total. The molecule has 4 heterocycles. The highest BCUT2D eigenvalue weighted by Gasteiger charge is 2.23. The number of benzene rings is 1. The number of piperazine rings is 1. The van der Waals surface area contributed by atoms with E-state index in [0.29, 0.717) is 34.0 Å². The number of carbonyl (C=O) groups excluding carboxylic acids is 1.